The number of aromatic carboxylic acids is 1. The number of hydrogen-bond acceptors (Lipinski definition) is 3. The number of imidazole rings is 1. The average Bonchev–Trinajstić information content (AvgIpc) is 2.57. The number of alkyl halides is 6. The lowest BCUT2D eigenvalue weighted by atomic mass is 10.4. The number of nitrogens with one attached hydrogen (secondary N) is 1. The Morgan fingerprint density at radius 3 is 2.20 bits per heavy atom. The van der Waals surface area contributed by atoms with Gasteiger partial charge < -0.3 is 15.0 Å². The monoisotopic (exact) mass is 305 g/mol. The minimum absolute atomic E-state index is 0.0487. The summed E-state index contributed by atoms with van der Waals surface area (Å²) in [6.45, 7) is -1.80. The van der Waals surface area contributed by atoms with Crippen molar-refractivity contribution in [2.24, 2.45) is 0 Å². The predicted octanol–water partition coefficient (Wildman–Crippen LogP) is 1.64. The number of halogens is 6. The van der Waals surface area contributed by atoms with Crippen LogP contribution in [0, 0.1) is 0 Å². The summed E-state index contributed by atoms with van der Waals surface area (Å²) in [7, 11) is 0. The lowest BCUT2D eigenvalue weighted by Crippen LogP contribution is -2.32. The number of amides is 1. The van der Waals surface area contributed by atoms with Crippen LogP contribution in [0.2, 0.25) is 0 Å². The largest absolute Gasteiger partial charge is 0.476 e. The predicted molar refractivity (Wildman–Crippen MR) is 49.9 cm³/mol. The average molecular weight is 305 g/mol. The van der Waals surface area contributed by atoms with E-state index in [1.165, 1.54) is 0 Å². The fraction of sp³-hybridized carbons (Fsp3) is 0.375. The first-order valence-electron chi connectivity index (χ1n) is 4.65. The van der Waals surface area contributed by atoms with Gasteiger partial charge in [-0.3, -0.25) is 4.79 Å². The summed E-state index contributed by atoms with van der Waals surface area (Å²) < 4.78 is 72.7. The van der Waals surface area contributed by atoms with Crippen LogP contribution in [0.1, 0.15) is 10.5 Å². The molecule has 1 aromatic heterocycles. The molecule has 0 saturated heterocycles. The van der Waals surface area contributed by atoms with Gasteiger partial charge in [0.1, 0.15) is 12.4 Å². The first-order valence-corrected chi connectivity index (χ1v) is 4.65. The maximum absolute atomic E-state index is 12.2. The van der Waals surface area contributed by atoms with Gasteiger partial charge in [0.05, 0.1) is 6.33 Å². The zero-order chi connectivity index (χ0) is 15.7. The molecule has 0 aromatic carbocycles. The number of carboxylic acid groups (broad SMARTS) is 1. The van der Waals surface area contributed by atoms with Crippen LogP contribution in [0.5, 0.6) is 0 Å². The van der Waals surface area contributed by atoms with Crippen LogP contribution in [-0.4, -0.2) is 38.9 Å². The summed E-state index contributed by atoms with van der Waals surface area (Å²) in [5, 5.41) is 9.66. The third-order valence-electron chi connectivity index (χ3n) is 1.88. The summed E-state index contributed by atoms with van der Waals surface area (Å²) in [4.78, 5) is 24.3. The van der Waals surface area contributed by atoms with Crippen molar-refractivity contribution in [1.82, 2.24) is 9.55 Å². The zero-order valence-electron chi connectivity index (χ0n) is 9.21. The van der Waals surface area contributed by atoms with Gasteiger partial charge in [-0.05, 0) is 0 Å². The Hall–Kier alpha value is -2.27. The van der Waals surface area contributed by atoms with Crippen molar-refractivity contribution in [1.29, 1.82) is 0 Å². The summed E-state index contributed by atoms with van der Waals surface area (Å²) in [5.41, 5.74) is -1.13. The molecule has 1 heterocycles. The first-order chi connectivity index (χ1) is 8.92. The molecular formula is C8H5F6N3O3. The Bertz CT molecular complexity index is 533. The smallest absolute Gasteiger partial charge is 0.471 e. The topological polar surface area (TPSA) is 84.2 Å². The molecule has 0 radical (unpaired) electrons. The molecule has 0 bridgehead atoms. The first kappa shape index (κ1) is 15.8. The molecule has 1 amide bonds. The summed E-state index contributed by atoms with van der Waals surface area (Å²) in [6.07, 6.45) is -9.86. The van der Waals surface area contributed by atoms with E-state index < -0.39 is 42.3 Å². The van der Waals surface area contributed by atoms with Crippen LogP contribution in [0.15, 0.2) is 6.33 Å². The van der Waals surface area contributed by atoms with Crippen molar-refractivity contribution >= 4 is 17.7 Å². The molecule has 1 rings (SSSR count). The number of rotatable bonds is 3. The van der Waals surface area contributed by atoms with E-state index in [4.69, 9.17) is 5.11 Å². The summed E-state index contributed by atoms with van der Waals surface area (Å²) in [6, 6.07) is 0. The summed E-state index contributed by atoms with van der Waals surface area (Å²) >= 11 is 0. The third kappa shape index (κ3) is 3.86. The Labute approximate surface area is 106 Å². The number of carbonyl (C=O) groups is 2. The van der Waals surface area contributed by atoms with E-state index in [1.807, 2.05) is 0 Å². The molecule has 0 fully saturated rings. The number of nitrogens with zero attached hydrogens (tertiary/aromatic N) is 2. The van der Waals surface area contributed by atoms with Gasteiger partial charge in [-0.25, -0.2) is 9.78 Å². The van der Waals surface area contributed by atoms with E-state index in [1.54, 1.807) is 0 Å². The lowest BCUT2D eigenvalue weighted by Gasteiger charge is -2.13. The van der Waals surface area contributed by atoms with Gasteiger partial charge in [-0.1, -0.05) is 0 Å². The zero-order valence-corrected chi connectivity index (χ0v) is 9.21. The minimum atomic E-state index is -5.39. The normalized spacial score (nSPS) is 12.3. The van der Waals surface area contributed by atoms with Gasteiger partial charge >= 0.3 is 24.2 Å². The second-order valence-corrected chi connectivity index (χ2v) is 3.44. The highest BCUT2D eigenvalue weighted by Crippen LogP contribution is 2.24. The molecule has 0 spiro atoms. The molecule has 0 unspecified atom stereocenters. The highest BCUT2D eigenvalue weighted by atomic mass is 19.4. The number of carbonyl (C=O) groups excluding carboxylic acids is 1. The van der Waals surface area contributed by atoms with Crippen molar-refractivity contribution in [3.8, 4) is 0 Å². The van der Waals surface area contributed by atoms with E-state index >= 15 is 0 Å². The van der Waals surface area contributed by atoms with Crippen LogP contribution >= 0.6 is 0 Å². The van der Waals surface area contributed by atoms with Gasteiger partial charge in [-0.2, -0.15) is 26.3 Å². The number of hydrogen-bond donors (Lipinski definition) is 2. The van der Waals surface area contributed by atoms with Gasteiger partial charge in [0.2, 0.25) is 0 Å². The highest BCUT2D eigenvalue weighted by Gasteiger charge is 2.40. The van der Waals surface area contributed by atoms with E-state index in [9.17, 15) is 35.9 Å². The van der Waals surface area contributed by atoms with Gasteiger partial charge in [0.15, 0.2) is 5.69 Å². The van der Waals surface area contributed by atoms with Crippen molar-refractivity contribution in [3.05, 3.63) is 12.0 Å². The molecule has 0 aliphatic heterocycles. The molecule has 0 atom stereocenters. The van der Waals surface area contributed by atoms with Crippen LogP contribution in [0.4, 0.5) is 32.2 Å². The highest BCUT2D eigenvalue weighted by molar-refractivity contribution is 6.00. The van der Waals surface area contributed by atoms with Crippen molar-refractivity contribution in [2.75, 3.05) is 5.32 Å². The summed E-state index contributed by atoms with van der Waals surface area (Å²) in [5.74, 6) is -5.69. The molecule has 12 heteroatoms. The maximum atomic E-state index is 12.2. The van der Waals surface area contributed by atoms with Crippen LogP contribution < -0.4 is 5.32 Å². The molecule has 1 aromatic rings. The van der Waals surface area contributed by atoms with E-state index in [2.05, 4.69) is 4.98 Å². The Morgan fingerprint density at radius 1 is 1.25 bits per heavy atom. The standard InChI is InChI=1S/C8H5F6N3O3/c9-7(10,11)1-17-2-15-3(5(18)19)4(17)16-6(20)8(12,13)14/h2H,1H2,(H,16,20)(H,18,19). The van der Waals surface area contributed by atoms with Crippen molar-refractivity contribution < 1.29 is 41.0 Å². The van der Waals surface area contributed by atoms with E-state index in [0.29, 0.717) is 6.33 Å². The Balaban J connectivity index is 3.16. The number of carboxylic acids is 1. The molecule has 20 heavy (non-hydrogen) atoms. The third-order valence-corrected chi connectivity index (χ3v) is 1.88. The van der Waals surface area contributed by atoms with Crippen LogP contribution in [-0.2, 0) is 11.3 Å². The van der Waals surface area contributed by atoms with E-state index in [0.717, 1.165) is 5.32 Å². The van der Waals surface area contributed by atoms with Gasteiger partial charge in [-0.15, -0.1) is 0 Å². The van der Waals surface area contributed by atoms with Crippen molar-refractivity contribution in [3.63, 3.8) is 0 Å². The lowest BCUT2D eigenvalue weighted by molar-refractivity contribution is -0.167. The molecule has 0 aliphatic rings. The second kappa shape index (κ2) is 5.02. The van der Waals surface area contributed by atoms with E-state index in [-0.39, 0.29) is 4.57 Å². The Morgan fingerprint density at radius 2 is 1.80 bits per heavy atom. The van der Waals surface area contributed by atoms with Gasteiger partial charge in [0.25, 0.3) is 0 Å². The van der Waals surface area contributed by atoms with Crippen molar-refractivity contribution in [2.45, 2.75) is 18.9 Å². The fourth-order valence-corrected chi connectivity index (χ4v) is 1.16. The fourth-order valence-electron chi connectivity index (χ4n) is 1.16. The SMILES string of the molecule is O=C(O)c1ncn(CC(F)(F)F)c1NC(=O)C(F)(F)F. The molecule has 0 saturated carbocycles. The maximum Gasteiger partial charge on any atom is 0.471 e. The molecule has 6 nitrogen and oxygen atoms in total. The molecule has 2 N–H and O–H groups in total. The van der Waals surface area contributed by atoms with Gasteiger partial charge in [0, 0.05) is 0 Å². The number of anilines is 1. The molecular weight excluding hydrogens is 300 g/mol. The minimum Gasteiger partial charge on any atom is -0.476 e. The number of aromatic nitrogens is 2. The quantitative estimate of drug-likeness (QED) is 0.832. The second-order valence-electron chi connectivity index (χ2n) is 3.44. The van der Waals surface area contributed by atoms with Crippen LogP contribution in [0.25, 0.3) is 0 Å². The molecule has 112 valence electrons. The molecule has 0 aliphatic carbocycles. The van der Waals surface area contributed by atoms with Crippen LogP contribution in [0.3, 0.4) is 0 Å². The Kier molecular flexibility index (Phi) is 3.96.